The van der Waals surface area contributed by atoms with Gasteiger partial charge in [-0.05, 0) is 102 Å². The molecule has 4 heteroatoms. The molecule has 0 atom stereocenters. The Balaban J connectivity index is 1.08. The molecule has 312 valence electrons. The van der Waals surface area contributed by atoms with Crippen LogP contribution < -0.4 is 30.8 Å². The highest BCUT2D eigenvalue weighted by atomic mass is 16.5. The van der Waals surface area contributed by atoms with Gasteiger partial charge in [-0.1, -0.05) is 189 Å². The summed E-state index contributed by atoms with van der Waals surface area (Å²) in [4.78, 5) is 2.44. The van der Waals surface area contributed by atoms with E-state index in [4.69, 9.17) is 9.47 Å². The summed E-state index contributed by atoms with van der Waals surface area (Å²) >= 11 is 0. The van der Waals surface area contributed by atoms with Crippen LogP contribution in [-0.2, 0) is 21.7 Å². The molecule has 0 N–H and O–H groups in total. The Labute approximate surface area is 378 Å². The average molecular weight is 830 g/mol. The molecule has 3 aliphatic heterocycles. The summed E-state index contributed by atoms with van der Waals surface area (Å²) in [6, 6.07) is 63.4. The van der Waals surface area contributed by atoms with Gasteiger partial charge >= 0.3 is 0 Å². The van der Waals surface area contributed by atoms with Crippen LogP contribution in [0.1, 0.15) is 99.9 Å². The van der Waals surface area contributed by atoms with Crippen LogP contribution >= 0.6 is 0 Å². The zero-order chi connectivity index (χ0) is 43.9. The van der Waals surface area contributed by atoms with Crippen LogP contribution in [-0.4, -0.2) is 6.71 Å². The van der Waals surface area contributed by atoms with Gasteiger partial charge in [0.25, 0.3) is 6.71 Å². The molecular weight excluding hydrogens is 777 g/mol. The highest BCUT2D eigenvalue weighted by molar-refractivity contribution is 6.98. The molecule has 0 fully saturated rings. The molecule has 0 saturated carbocycles. The number of ether oxygens (including phenoxy) is 2. The van der Waals surface area contributed by atoms with Crippen molar-refractivity contribution < 1.29 is 9.47 Å². The van der Waals surface area contributed by atoms with Gasteiger partial charge in [0, 0.05) is 23.0 Å². The zero-order valence-electron chi connectivity index (χ0n) is 38.0. The topological polar surface area (TPSA) is 21.7 Å². The van der Waals surface area contributed by atoms with E-state index in [9.17, 15) is 0 Å². The third-order valence-electron chi connectivity index (χ3n) is 14.8. The van der Waals surface area contributed by atoms with Crippen molar-refractivity contribution in [1.29, 1.82) is 0 Å². The van der Waals surface area contributed by atoms with Crippen LogP contribution in [0.15, 0.2) is 170 Å². The monoisotopic (exact) mass is 829 g/mol. The number of anilines is 3. The number of benzene rings is 8. The molecule has 0 spiro atoms. The van der Waals surface area contributed by atoms with Gasteiger partial charge in [0.05, 0.1) is 22.5 Å². The van der Waals surface area contributed by atoms with E-state index in [1.807, 2.05) is 0 Å². The molecule has 1 aliphatic carbocycles. The van der Waals surface area contributed by atoms with Gasteiger partial charge in [0.2, 0.25) is 0 Å². The second kappa shape index (κ2) is 13.4. The smallest absolute Gasteiger partial charge is 0.260 e. The van der Waals surface area contributed by atoms with E-state index >= 15 is 0 Å². The maximum absolute atomic E-state index is 7.06. The Hall–Kier alpha value is -6.78. The number of rotatable bonds is 3. The van der Waals surface area contributed by atoms with Crippen molar-refractivity contribution in [2.75, 3.05) is 4.90 Å². The lowest BCUT2D eigenvalue weighted by Gasteiger charge is -2.44. The first-order valence-corrected chi connectivity index (χ1v) is 22.9. The van der Waals surface area contributed by atoms with Gasteiger partial charge < -0.3 is 14.4 Å². The summed E-state index contributed by atoms with van der Waals surface area (Å²) in [5.41, 5.74) is 18.8. The Bertz CT molecular complexity index is 3110. The maximum atomic E-state index is 7.06. The van der Waals surface area contributed by atoms with E-state index in [-0.39, 0.29) is 23.0 Å². The molecule has 0 amide bonds. The van der Waals surface area contributed by atoms with Gasteiger partial charge in [-0.25, -0.2) is 0 Å². The predicted molar refractivity (Wildman–Crippen MR) is 266 cm³/mol. The minimum Gasteiger partial charge on any atom is -0.458 e. The molecule has 8 aromatic carbocycles. The second-order valence-electron chi connectivity index (χ2n) is 20.9. The van der Waals surface area contributed by atoms with E-state index in [1.165, 1.54) is 66.6 Å². The SMILES string of the molecule is CC(C)(C)c1ccc2c(c1)B1c3cc(C(C)(C)C)ccc3Oc3cc(N4c5ccccc5C(C)(C)c5cc(C6(c7ccccc7)c7ccccc7-c7ccccc76)ccc54)cc(c31)O2. The van der Waals surface area contributed by atoms with Crippen LogP contribution in [0.5, 0.6) is 23.0 Å². The Kier molecular flexibility index (Phi) is 8.12. The number of nitrogens with zero attached hydrogens (tertiary/aromatic N) is 1. The molecule has 64 heavy (non-hydrogen) atoms. The molecule has 8 aromatic rings. The summed E-state index contributed by atoms with van der Waals surface area (Å²) in [7, 11) is 0. The van der Waals surface area contributed by atoms with E-state index in [2.05, 4.69) is 230 Å². The standard InChI is InChI=1S/C60H52BNO2/c1-57(2,3)38-27-30-52-48(33-38)61-49-34-39(58(4,5)6)28-31-53(49)64-55-36-41(35-54(63-52)56(55)61)62-50-25-17-16-24-46(50)59(7,8)47-32-40(26-29-51(47)62)60(37-18-10-9-11-19-37)44-22-14-12-20-42(44)43-21-13-15-23-45(43)60/h9-36H,1-8H3. The summed E-state index contributed by atoms with van der Waals surface area (Å²) in [6.07, 6.45) is 0. The highest BCUT2D eigenvalue weighted by Gasteiger charge is 2.48. The zero-order valence-corrected chi connectivity index (χ0v) is 38.0. The van der Waals surface area contributed by atoms with E-state index in [0.29, 0.717) is 0 Å². The number of hydrogen-bond donors (Lipinski definition) is 0. The summed E-state index contributed by atoms with van der Waals surface area (Å²) in [6.45, 7) is 18.4. The van der Waals surface area contributed by atoms with Crippen molar-refractivity contribution in [3.8, 4) is 34.1 Å². The van der Waals surface area contributed by atoms with E-state index in [1.54, 1.807) is 0 Å². The molecule has 0 aromatic heterocycles. The lowest BCUT2D eigenvalue weighted by molar-refractivity contribution is 0.464. The molecule has 0 saturated heterocycles. The Morgan fingerprint density at radius 3 is 1.50 bits per heavy atom. The van der Waals surface area contributed by atoms with Crippen molar-refractivity contribution in [3.63, 3.8) is 0 Å². The van der Waals surface area contributed by atoms with Crippen molar-refractivity contribution in [2.45, 2.75) is 77.0 Å². The lowest BCUT2D eigenvalue weighted by atomic mass is 9.34. The summed E-state index contributed by atoms with van der Waals surface area (Å²) in [5, 5.41) is 0. The summed E-state index contributed by atoms with van der Waals surface area (Å²) < 4.78 is 14.1. The van der Waals surface area contributed by atoms with Gasteiger partial charge in [-0.3, -0.25) is 0 Å². The molecule has 3 nitrogen and oxygen atoms in total. The largest absolute Gasteiger partial charge is 0.458 e. The van der Waals surface area contributed by atoms with E-state index in [0.717, 1.165) is 45.5 Å². The normalized spacial score (nSPS) is 15.6. The van der Waals surface area contributed by atoms with E-state index < -0.39 is 5.41 Å². The fraction of sp³-hybridized carbons (Fsp3) is 0.200. The van der Waals surface area contributed by atoms with Crippen molar-refractivity contribution in [3.05, 3.63) is 214 Å². The lowest BCUT2D eigenvalue weighted by Crippen LogP contribution is -2.57. The fourth-order valence-corrected chi connectivity index (χ4v) is 11.5. The Morgan fingerprint density at radius 2 is 0.938 bits per heavy atom. The van der Waals surface area contributed by atoms with Crippen LogP contribution in [0.25, 0.3) is 11.1 Å². The molecule has 12 rings (SSSR count). The van der Waals surface area contributed by atoms with Gasteiger partial charge in [-0.15, -0.1) is 0 Å². The van der Waals surface area contributed by atoms with Gasteiger partial charge in [0.1, 0.15) is 23.0 Å². The second-order valence-corrected chi connectivity index (χ2v) is 20.9. The van der Waals surface area contributed by atoms with Gasteiger partial charge in [-0.2, -0.15) is 0 Å². The van der Waals surface area contributed by atoms with Crippen LogP contribution in [0.2, 0.25) is 0 Å². The highest BCUT2D eigenvalue weighted by Crippen LogP contribution is 2.59. The van der Waals surface area contributed by atoms with Crippen molar-refractivity contribution in [2.24, 2.45) is 0 Å². The third kappa shape index (κ3) is 5.41. The van der Waals surface area contributed by atoms with Crippen molar-refractivity contribution >= 4 is 40.2 Å². The number of para-hydroxylation sites is 1. The van der Waals surface area contributed by atoms with Crippen LogP contribution in [0.3, 0.4) is 0 Å². The average Bonchev–Trinajstić information content (AvgIpc) is 3.59. The molecule has 0 radical (unpaired) electrons. The fourth-order valence-electron chi connectivity index (χ4n) is 11.5. The molecule has 0 unspecified atom stereocenters. The Morgan fingerprint density at radius 1 is 0.438 bits per heavy atom. The van der Waals surface area contributed by atoms with Gasteiger partial charge in [0.15, 0.2) is 0 Å². The molecular formula is C60H52BNO2. The molecule has 3 heterocycles. The minimum atomic E-state index is -0.505. The number of fused-ring (bicyclic) bond motifs is 9. The third-order valence-corrected chi connectivity index (χ3v) is 14.8. The molecule has 0 bridgehead atoms. The summed E-state index contributed by atoms with van der Waals surface area (Å²) in [5.74, 6) is 3.47. The first-order chi connectivity index (χ1) is 30.7. The van der Waals surface area contributed by atoms with Crippen LogP contribution in [0, 0.1) is 0 Å². The maximum Gasteiger partial charge on any atom is 0.260 e. The first kappa shape index (κ1) is 38.9. The number of hydrogen-bond acceptors (Lipinski definition) is 3. The minimum absolute atomic E-state index is 0.0167. The first-order valence-electron chi connectivity index (χ1n) is 22.9. The van der Waals surface area contributed by atoms with Crippen LogP contribution in [0.4, 0.5) is 17.1 Å². The predicted octanol–water partition coefficient (Wildman–Crippen LogP) is 13.5. The van der Waals surface area contributed by atoms with Crippen molar-refractivity contribution in [1.82, 2.24) is 0 Å². The molecule has 4 aliphatic rings. The quantitative estimate of drug-likeness (QED) is 0.166.